The highest BCUT2D eigenvalue weighted by atomic mass is 16.1. The molecule has 0 aliphatic carbocycles. The van der Waals surface area contributed by atoms with E-state index >= 15 is 0 Å². The van der Waals surface area contributed by atoms with Crippen molar-refractivity contribution >= 4 is 11.6 Å². The van der Waals surface area contributed by atoms with Crippen molar-refractivity contribution in [2.75, 3.05) is 12.4 Å². The van der Waals surface area contributed by atoms with Gasteiger partial charge >= 0.3 is 0 Å². The third kappa shape index (κ3) is 3.12. The van der Waals surface area contributed by atoms with Crippen LogP contribution in [-0.2, 0) is 18.4 Å². The van der Waals surface area contributed by atoms with Gasteiger partial charge in [0.1, 0.15) is 12.4 Å². The van der Waals surface area contributed by atoms with E-state index in [1.54, 1.807) is 30.3 Å². The van der Waals surface area contributed by atoms with Gasteiger partial charge in [-0.05, 0) is 6.92 Å². The van der Waals surface area contributed by atoms with Crippen LogP contribution in [0.15, 0.2) is 24.8 Å². The number of likely N-dealkylation sites (N-methyl/N-ethyl adjacent to an activating group) is 1. The molecule has 2 aromatic rings. The maximum absolute atomic E-state index is 11.2. The first kappa shape index (κ1) is 13.1. The van der Waals surface area contributed by atoms with Crippen LogP contribution < -0.4 is 10.6 Å². The second-order valence-electron chi connectivity index (χ2n) is 4.36. The molecule has 0 saturated heterocycles. The highest BCUT2D eigenvalue weighted by Gasteiger charge is 2.11. The van der Waals surface area contributed by atoms with Crippen molar-refractivity contribution in [1.29, 1.82) is 0 Å². The first-order chi connectivity index (χ1) is 9.10. The Morgan fingerprint density at radius 3 is 2.95 bits per heavy atom. The van der Waals surface area contributed by atoms with Crippen molar-refractivity contribution in [2.45, 2.75) is 19.5 Å². The van der Waals surface area contributed by atoms with Crippen LogP contribution in [0, 0.1) is 0 Å². The summed E-state index contributed by atoms with van der Waals surface area (Å²) in [7, 11) is 3.56. The molecular formula is C12H18N6O. The normalized spacial score (nSPS) is 12.2. The molecule has 0 aliphatic heterocycles. The number of carbonyl (C=O) groups is 1. The number of aryl methyl sites for hydroxylation is 1. The van der Waals surface area contributed by atoms with Crippen molar-refractivity contribution < 1.29 is 4.79 Å². The van der Waals surface area contributed by atoms with E-state index in [2.05, 4.69) is 20.7 Å². The summed E-state index contributed by atoms with van der Waals surface area (Å²) in [5, 5.41) is 9.99. The van der Waals surface area contributed by atoms with Gasteiger partial charge in [-0.25, -0.2) is 4.98 Å². The minimum Gasteiger partial charge on any atom is -0.373 e. The predicted molar refractivity (Wildman–Crippen MR) is 71.5 cm³/mol. The van der Waals surface area contributed by atoms with Crippen LogP contribution in [0.5, 0.6) is 0 Å². The van der Waals surface area contributed by atoms with E-state index in [9.17, 15) is 4.79 Å². The SMILES string of the molecule is CNC(=O)Cn1cc(NC(C)c2nccn2C)cn1. The smallest absolute Gasteiger partial charge is 0.241 e. The van der Waals surface area contributed by atoms with E-state index in [1.165, 1.54) is 0 Å². The molecule has 0 fully saturated rings. The fraction of sp³-hybridized carbons (Fsp3) is 0.417. The first-order valence-electron chi connectivity index (χ1n) is 6.07. The Morgan fingerprint density at radius 2 is 2.32 bits per heavy atom. The van der Waals surface area contributed by atoms with Gasteiger partial charge in [0.2, 0.25) is 5.91 Å². The molecule has 0 bridgehead atoms. The molecule has 2 aromatic heterocycles. The summed E-state index contributed by atoms with van der Waals surface area (Å²) in [6.07, 6.45) is 7.17. The summed E-state index contributed by atoms with van der Waals surface area (Å²) >= 11 is 0. The zero-order valence-corrected chi connectivity index (χ0v) is 11.3. The lowest BCUT2D eigenvalue weighted by atomic mass is 10.3. The van der Waals surface area contributed by atoms with Crippen molar-refractivity contribution in [3.63, 3.8) is 0 Å². The number of rotatable bonds is 5. The molecule has 0 saturated carbocycles. The van der Waals surface area contributed by atoms with Crippen LogP contribution in [0.4, 0.5) is 5.69 Å². The molecule has 0 aromatic carbocycles. The molecule has 1 unspecified atom stereocenters. The molecule has 0 aliphatic rings. The number of imidazole rings is 1. The Morgan fingerprint density at radius 1 is 1.53 bits per heavy atom. The number of aromatic nitrogens is 4. The molecule has 2 N–H and O–H groups in total. The van der Waals surface area contributed by atoms with Gasteiger partial charge in [0.05, 0.1) is 17.9 Å². The van der Waals surface area contributed by atoms with Crippen LogP contribution >= 0.6 is 0 Å². The lowest BCUT2D eigenvalue weighted by Crippen LogP contribution is -2.23. The second kappa shape index (κ2) is 5.55. The van der Waals surface area contributed by atoms with Crippen LogP contribution in [0.1, 0.15) is 18.8 Å². The molecule has 19 heavy (non-hydrogen) atoms. The Hall–Kier alpha value is -2.31. The Labute approximate surface area is 111 Å². The van der Waals surface area contributed by atoms with Gasteiger partial charge in [0.15, 0.2) is 0 Å². The Kier molecular flexibility index (Phi) is 3.84. The number of hydrogen-bond acceptors (Lipinski definition) is 4. The molecule has 1 amide bonds. The van der Waals surface area contributed by atoms with Gasteiger partial charge in [0, 0.05) is 32.7 Å². The Balaban J connectivity index is 2.00. The fourth-order valence-electron chi connectivity index (χ4n) is 1.86. The van der Waals surface area contributed by atoms with Gasteiger partial charge in [-0.15, -0.1) is 0 Å². The summed E-state index contributed by atoms with van der Waals surface area (Å²) in [5.74, 6) is 0.867. The molecule has 2 rings (SSSR count). The molecular weight excluding hydrogens is 244 g/mol. The summed E-state index contributed by atoms with van der Waals surface area (Å²) in [6.45, 7) is 2.24. The van der Waals surface area contributed by atoms with E-state index in [1.807, 2.05) is 24.7 Å². The van der Waals surface area contributed by atoms with E-state index in [-0.39, 0.29) is 18.5 Å². The molecule has 1 atom stereocenters. The minimum atomic E-state index is -0.0770. The molecule has 0 radical (unpaired) electrons. The molecule has 7 nitrogen and oxygen atoms in total. The number of hydrogen-bond donors (Lipinski definition) is 2. The number of amides is 1. The third-order valence-corrected chi connectivity index (χ3v) is 2.85. The number of nitrogens with zero attached hydrogens (tertiary/aromatic N) is 4. The maximum atomic E-state index is 11.2. The average molecular weight is 262 g/mol. The predicted octanol–water partition coefficient (Wildman–Crippen LogP) is 0.536. The van der Waals surface area contributed by atoms with Crippen molar-refractivity contribution in [1.82, 2.24) is 24.6 Å². The Bertz CT molecular complexity index is 558. The standard InChI is InChI=1S/C12H18N6O/c1-9(12-14-4-5-17(12)3)16-10-6-15-18(7-10)8-11(19)13-2/h4-7,9,16H,8H2,1-3H3,(H,13,19). The van der Waals surface area contributed by atoms with E-state index in [0.29, 0.717) is 0 Å². The first-order valence-corrected chi connectivity index (χ1v) is 6.07. The van der Waals surface area contributed by atoms with Crippen molar-refractivity contribution in [3.8, 4) is 0 Å². The zero-order chi connectivity index (χ0) is 13.8. The number of nitrogens with one attached hydrogen (secondary N) is 2. The van der Waals surface area contributed by atoms with Gasteiger partial charge in [0.25, 0.3) is 0 Å². The number of carbonyl (C=O) groups excluding carboxylic acids is 1. The molecule has 0 spiro atoms. The summed E-state index contributed by atoms with van der Waals surface area (Å²) in [5.41, 5.74) is 0.861. The lowest BCUT2D eigenvalue weighted by Gasteiger charge is -2.13. The number of anilines is 1. The maximum Gasteiger partial charge on any atom is 0.241 e. The van der Waals surface area contributed by atoms with Crippen molar-refractivity contribution in [2.24, 2.45) is 7.05 Å². The largest absolute Gasteiger partial charge is 0.373 e. The summed E-state index contributed by atoms with van der Waals surface area (Å²) in [6, 6.07) is 0.0673. The van der Waals surface area contributed by atoms with Crippen LogP contribution in [0.25, 0.3) is 0 Å². The molecule has 7 heteroatoms. The van der Waals surface area contributed by atoms with E-state index in [4.69, 9.17) is 0 Å². The average Bonchev–Trinajstić information content (AvgIpc) is 2.98. The quantitative estimate of drug-likeness (QED) is 0.824. The molecule has 2 heterocycles. The summed E-state index contributed by atoms with van der Waals surface area (Å²) in [4.78, 5) is 15.5. The van der Waals surface area contributed by atoms with Crippen LogP contribution in [0.2, 0.25) is 0 Å². The van der Waals surface area contributed by atoms with Gasteiger partial charge in [-0.1, -0.05) is 0 Å². The monoisotopic (exact) mass is 262 g/mol. The zero-order valence-electron chi connectivity index (χ0n) is 11.3. The fourth-order valence-corrected chi connectivity index (χ4v) is 1.86. The van der Waals surface area contributed by atoms with E-state index in [0.717, 1.165) is 11.5 Å². The van der Waals surface area contributed by atoms with E-state index < -0.39 is 0 Å². The minimum absolute atomic E-state index is 0.0673. The van der Waals surface area contributed by atoms with Crippen LogP contribution in [-0.4, -0.2) is 32.3 Å². The van der Waals surface area contributed by atoms with Crippen LogP contribution in [0.3, 0.4) is 0 Å². The van der Waals surface area contributed by atoms with Gasteiger partial charge < -0.3 is 15.2 Å². The van der Waals surface area contributed by atoms with Crippen molar-refractivity contribution in [3.05, 3.63) is 30.6 Å². The van der Waals surface area contributed by atoms with Gasteiger partial charge in [-0.2, -0.15) is 5.10 Å². The summed E-state index contributed by atoms with van der Waals surface area (Å²) < 4.78 is 3.55. The topological polar surface area (TPSA) is 76.8 Å². The second-order valence-corrected chi connectivity index (χ2v) is 4.36. The van der Waals surface area contributed by atoms with Gasteiger partial charge in [-0.3, -0.25) is 9.48 Å². The molecule has 102 valence electrons. The highest BCUT2D eigenvalue weighted by Crippen LogP contribution is 2.16. The highest BCUT2D eigenvalue weighted by molar-refractivity contribution is 5.75. The third-order valence-electron chi connectivity index (χ3n) is 2.85. The lowest BCUT2D eigenvalue weighted by molar-refractivity contribution is -0.121.